The first-order valence-electron chi connectivity index (χ1n) is 16.6. The number of hydrogen-bond acceptors (Lipinski definition) is 11. The second kappa shape index (κ2) is 17.9. The fraction of sp³-hybridized carbons (Fsp3) is 0.429. The maximum Gasteiger partial charge on any atom is 0.329 e. The molecular formula is C35H48N10O4. The van der Waals surface area contributed by atoms with Crippen LogP contribution in [0.2, 0.25) is 0 Å². The van der Waals surface area contributed by atoms with Gasteiger partial charge in [-0.1, -0.05) is 48.5 Å². The van der Waals surface area contributed by atoms with Crippen LogP contribution < -0.4 is 28.3 Å². The van der Waals surface area contributed by atoms with E-state index in [1.165, 1.54) is 12.7 Å². The molecule has 1 atom stereocenters. The number of nitrogens with one attached hydrogen (secondary N) is 1. The van der Waals surface area contributed by atoms with Gasteiger partial charge in [0.15, 0.2) is 17.5 Å². The van der Waals surface area contributed by atoms with E-state index < -0.39 is 11.9 Å². The number of anilines is 2. The van der Waals surface area contributed by atoms with Crippen LogP contribution in [0.3, 0.4) is 0 Å². The summed E-state index contributed by atoms with van der Waals surface area (Å²) < 4.78 is 5.00. The van der Waals surface area contributed by atoms with Crippen molar-refractivity contribution in [3.8, 4) is 11.1 Å². The zero-order chi connectivity index (χ0) is 35.3. The van der Waals surface area contributed by atoms with Gasteiger partial charge >= 0.3 is 5.97 Å². The minimum atomic E-state index is -0.594. The van der Waals surface area contributed by atoms with Gasteiger partial charge in [0.1, 0.15) is 11.9 Å². The van der Waals surface area contributed by atoms with E-state index in [1.807, 2.05) is 12.1 Å². The van der Waals surface area contributed by atoms with Crippen LogP contribution in [-0.4, -0.2) is 95.9 Å². The van der Waals surface area contributed by atoms with Crippen LogP contribution in [0.1, 0.15) is 53.0 Å². The van der Waals surface area contributed by atoms with Crippen molar-refractivity contribution in [3.63, 3.8) is 0 Å². The number of methoxy groups -OCH3 is 1. The predicted octanol–water partition coefficient (Wildman–Crippen LogP) is 1.65. The van der Waals surface area contributed by atoms with E-state index in [4.69, 9.17) is 27.7 Å². The van der Waals surface area contributed by atoms with Crippen molar-refractivity contribution in [2.45, 2.75) is 51.5 Å². The Balaban J connectivity index is 1.20. The first kappa shape index (κ1) is 36.8. The van der Waals surface area contributed by atoms with E-state index in [9.17, 15) is 14.4 Å². The number of carbonyl (C=O) groups is 3. The van der Waals surface area contributed by atoms with Crippen molar-refractivity contribution < 1.29 is 19.1 Å². The van der Waals surface area contributed by atoms with Gasteiger partial charge in [0.05, 0.1) is 12.8 Å². The number of guanidine groups is 1. The molecule has 0 spiro atoms. The topological polar surface area (TPSA) is 221 Å². The highest BCUT2D eigenvalue weighted by Gasteiger charge is 2.35. The number of rotatable bonds is 14. The molecular weight excluding hydrogens is 624 g/mol. The number of nitrogen functional groups attached to an aromatic ring is 2. The van der Waals surface area contributed by atoms with Crippen molar-refractivity contribution in [3.05, 3.63) is 71.0 Å². The predicted molar refractivity (Wildman–Crippen MR) is 190 cm³/mol. The minimum absolute atomic E-state index is 0.0115. The van der Waals surface area contributed by atoms with E-state index in [2.05, 4.69) is 61.6 Å². The lowest BCUT2D eigenvalue weighted by Crippen LogP contribution is -2.58. The molecule has 1 fully saturated rings. The van der Waals surface area contributed by atoms with Gasteiger partial charge < -0.3 is 32.6 Å². The third-order valence-corrected chi connectivity index (χ3v) is 8.55. The van der Waals surface area contributed by atoms with E-state index in [1.54, 1.807) is 11.8 Å². The highest BCUT2D eigenvalue weighted by Crippen LogP contribution is 2.22. The Morgan fingerprint density at radius 3 is 2.20 bits per heavy atom. The molecule has 0 radical (unpaired) electrons. The van der Waals surface area contributed by atoms with Crippen LogP contribution in [0.5, 0.6) is 0 Å². The van der Waals surface area contributed by atoms with Crippen molar-refractivity contribution >= 4 is 35.4 Å². The summed E-state index contributed by atoms with van der Waals surface area (Å²) in [6, 6.07) is 16.1. The smallest absolute Gasteiger partial charge is 0.329 e. The van der Waals surface area contributed by atoms with Crippen LogP contribution in [0.4, 0.5) is 11.6 Å². The summed E-state index contributed by atoms with van der Waals surface area (Å²) in [6.07, 6.45) is 4.33. The van der Waals surface area contributed by atoms with Crippen LogP contribution >= 0.6 is 0 Å². The van der Waals surface area contributed by atoms with Crippen LogP contribution in [-0.2, 0) is 27.2 Å². The van der Waals surface area contributed by atoms with Gasteiger partial charge in [0, 0.05) is 32.6 Å². The number of amides is 2. The minimum Gasteiger partial charge on any atom is -0.467 e. The number of benzene rings is 2. The molecule has 9 N–H and O–H groups in total. The molecule has 1 aromatic heterocycles. The van der Waals surface area contributed by atoms with Gasteiger partial charge in [-0.05, 0) is 74.4 Å². The van der Waals surface area contributed by atoms with E-state index >= 15 is 0 Å². The van der Waals surface area contributed by atoms with Crippen molar-refractivity contribution in [1.29, 1.82) is 0 Å². The molecule has 14 nitrogen and oxygen atoms in total. The largest absolute Gasteiger partial charge is 0.467 e. The summed E-state index contributed by atoms with van der Waals surface area (Å²) in [7, 11) is 1.36. The summed E-state index contributed by atoms with van der Waals surface area (Å²) in [6.45, 7) is 5.17. The van der Waals surface area contributed by atoms with Gasteiger partial charge in [-0.15, -0.1) is 0 Å². The molecule has 0 saturated carbocycles. The number of aromatic nitrogens is 2. The van der Waals surface area contributed by atoms with Crippen molar-refractivity contribution in [2.75, 3.05) is 57.8 Å². The zero-order valence-electron chi connectivity index (χ0n) is 28.4. The molecule has 1 saturated heterocycles. The first-order chi connectivity index (χ1) is 23.6. The second-order valence-electron chi connectivity index (χ2n) is 12.1. The molecule has 3 aromatic rings. The standard InChI is InChI=1S/C35H48N10O4/c1-23-31(37)42-32(38)30(41-23)33(47)43-35(39)40-18-4-3-6-24-7-12-26(13-8-24)27-14-9-25(10-15-27)11-16-29(46)45-21-20-44(19-5-17-36)22-28(45)34(48)49-2/h7-10,12-15,28H,3-6,11,16-22,36H2,1-2H3,(H4,37,38,42)(H3,39,40,43,47). The second-order valence-corrected chi connectivity index (χ2v) is 12.1. The highest BCUT2D eigenvalue weighted by molar-refractivity contribution is 6.06. The van der Waals surface area contributed by atoms with Gasteiger partial charge in [-0.25, -0.2) is 14.8 Å². The Kier molecular flexibility index (Phi) is 13.4. The van der Waals surface area contributed by atoms with Crippen LogP contribution in [0, 0.1) is 6.92 Å². The summed E-state index contributed by atoms with van der Waals surface area (Å²) in [5.74, 6) is -0.930. The number of ether oxygens (including phenoxy) is 1. The number of unbranched alkanes of at least 4 members (excludes halogenated alkanes) is 1. The van der Waals surface area contributed by atoms with Crippen molar-refractivity contribution in [2.24, 2.45) is 16.5 Å². The number of hydrogen-bond donors (Lipinski definition) is 5. The molecule has 14 heteroatoms. The molecule has 1 aliphatic rings. The molecule has 49 heavy (non-hydrogen) atoms. The fourth-order valence-electron chi connectivity index (χ4n) is 5.68. The quantitative estimate of drug-likeness (QED) is 0.0717. The number of nitrogens with two attached hydrogens (primary N) is 4. The summed E-state index contributed by atoms with van der Waals surface area (Å²) >= 11 is 0. The molecule has 2 amide bonds. The number of aryl methyl sites for hydroxylation is 3. The van der Waals surface area contributed by atoms with Crippen LogP contribution in [0.25, 0.3) is 11.1 Å². The van der Waals surface area contributed by atoms with E-state index in [0.29, 0.717) is 44.7 Å². The van der Waals surface area contributed by atoms with E-state index in [-0.39, 0.29) is 35.2 Å². The average molecular weight is 673 g/mol. The van der Waals surface area contributed by atoms with Gasteiger partial charge in [0.25, 0.3) is 5.91 Å². The number of carbonyl (C=O) groups excluding carboxylic acids is 3. The van der Waals surface area contributed by atoms with Gasteiger partial charge in [-0.3, -0.25) is 24.8 Å². The number of aliphatic imine (C=N–C) groups is 1. The number of esters is 1. The fourth-order valence-corrected chi connectivity index (χ4v) is 5.68. The molecule has 0 bridgehead atoms. The zero-order valence-corrected chi connectivity index (χ0v) is 28.4. The molecule has 2 aromatic carbocycles. The maximum absolute atomic E-state index is 13.1. The Morgan fingerprint density at radius 2 is 1.57 bits per heavy atom. The summed E-state index contributed by atoms with van der Waals surface area (Å²) in [5.41, 5.74) is 27.8. The Bertz CT molecular complexity index is 1610. The lowest BCUT2D eigenvalue weighted by Gasteiger charge is -2.40. The third-order valence-electron chi connectivity index (χ3n) is 8.55. The maximum atomic E-state index is 13.1. The third kappa shape index (κ3) is 10.5. The lowest BCUT2D eigenvalue weighted by molar-refractivity contribution is -0.156. The number of nitrogens with zero attached hydrogens (tertiary/aromatic N) is 5. The normalized spacial score (nSPS) is 15.2. The number of piperazine rings is 1. The Morgan fingerprint density at radius 1 is 0.918 bits per heavy atom. The molecule has 262 valence electrons. The van der Waals surface area contributed by atoms with Crippen LogP contribution in [0.15, 0.2) is 53.5 Å². The highest BCUT2D eigenvalue weighted by atomic mass is 16.5. The Hall–Kier alpha value is -5.08. The summed E-state index contributed by atoms with van der Waals surface area (Å²) in [4.78, 5) is 54.1. The first-order valence-corrected chi connectivity index (χ1v) is 16.6. The van der Waals surface area contributed by atoms with E-state index in [0.717, 1.165) is 55.5 Å². The lowest BCUT2D eigenvalue weighted by atomic mass is 9.99. The SMILES string of the molecule is COC(=O)C1CN(CCCN)CCN1C(=O)CCc1ccc(-c2ccc(CCCCN=C(N)NC(=O)c3nc(C)c(N)nc3N)cc2)cc1. The average Bonchev–Trinajstić information content (AvgIpc) is 3.11. The summed E-state index contributed by atoms with van der Waals surface area (Å²) in [5, 5.41) is 2.49. The molecule has 0 aliphatic carbocycles. The van der Waals surface area contributed by atoms with Crippen molar-refractivity contribution in [1.82, 2.24) is 25.1 Å². The molecule has 1 aliphatic heterocycles. The molecule has 4 rings (SSSR count). The monoisotopic (exact) mass is 672 g/mol. The Labute approximate surface area is 287 Å². The van der Waals surface area contributed by atoms with Gasteiger partial charge in [0.2, 0.25) is 5.91 Å². The molecule has 1 unspecified atom stereocenters. The molecule has 2 heterocycles. The van der Waals surface area contributed by atoms with Gasteiger partial charge in [-0.2, -0.15) is 0 Å².